The SMILES string of the molecule is CN1C2C(O)C3CC(C2O3)S1(=O)=O. The molecule has 5 atom stereocenters. The molecule has 3 heterocycles. The predicted octanol–water partition coefficient (Wildman–Crippen LogP) is -1.47. The van der Waals surface area contributed by atoms with Gasteiger partial charge in [-0.1, -0.05) is 0 Å². The summed E-state index contributed by atoms with van der Waals surface area (Å²) in [5, 5.41) is 9.27. The van der Waals surface area contributed by atoms with Crippen molar-refractivity contribution in [1.82, 2.24) is 4.31 Å². The number of rotatable bonds is 0. The Hall–Kier alpha value is -0.170. The van der Waals surface area contributed by atoms with Crippen LogP contribution in [0, 0.1) is 0 Å². The molecule has 0 saturated carbocycles. The first-order chi connectivity index (χ1) is 6.03. The summed E-state index contributed by atoms with van der Waals surface area (Å²) in [5.41, 5.74) is 0. The lowest BCUT2D eigenvalue weighted by molar-refractivity contribution is 0.0505. The molecule has 0 aromatic rings. The van der Waals surface area contributed by atoms with E-state index >= 15 is 0 Å². The fraction of sp³-hybridized carbons (Fsp3) is 1.00. The van der Waals surface area contributed by atoms with Gasteiger partial charge in [-0.05, 0) is 6.42 Å². The van der Waals surface area contributed by atoms with Crippen LogP contribution in [0.5, 0.6) is 0 Å². The zero-order valence-electron chi connectivity index (χ0n) is 7.12. The molecule has 0 aromatic heterocycles. The van der Waals surface area contributed by atoms with E-state index in [2.05, 4.69) is 0 Å². The van der Waals surface area contributed by atoms with E-state index in [0.29, 0.717) is 6.42 Å². The molecule has 0 spiro atoms. The molecule has 3 aliphatic heterocycles. The van der Waals surface area contributed by atoms with Gasteiger partial charge in [-0.15, -0.1) is 0 Å². The Balaban J connectivity index is 2.15. The number of aliphatic hydroxyl groups is 1. The second-order valence-corrected chi connectivity index (χ2v) is 6.17. The predicted molar refractivity (Wildman–Crippen MR) is 43.5 cm³/mol. The minimum atomic E-state index is -3.19. The van der Waals surface area contributed by atoms with Crippen LogP contribution in [0.1, 0.15) is 6.42 Å². The third kappa shape index (κ3) is 0.721. The van der Waals surface area contributed by atoms with E-state index in [1.54, 1.807) is 0 Å². The monoisotopic (exact) mass is 205 g/mol. The van der Waals surface area contributed by atoms with Crippen LogP contribution in [0.3, 0.4) is 0 Å². The molecule has 0 amide bonds. The number of hydrogen-bond acceptors (Lipinski definition) is 4. The number of aliphatic hydroxyl groups excluding tert-OH is 1. The van der Waals surface area contributed by atoms with Crippen LogP contribution in [-0.2, 0) is 14.8 Å². The van der Waals surface area contributed by atoms with Gasteiger partial charge in [0, 0.05) is 7.05 Å². The molecule has 3 aliphatic rings. The van der Waals surface area contributed by atoms with Crippen molar-refractivity contribution < 1.29 is 18.3 Å². The first-order valence-electron chi connectivity index (χ1n) is 4.34. The summed E-state index contributed by atoms with van der Waals surface area (Å²) in [4.78, 5) is 0. The van der Waals surface area contributed by atoms with Crippen LogP contribution < -0.4 is 0 Å². The van der Waals surface area contributed by atoms with Crippen molar-refractivity contribution in [3.05, 3.63) is 0 Å². The van der Waals surface area contributed by atoms with Gasteiger partial charge in [0.1, 0.15) is 5.25 Å². The van der Waals surface area contributed by atoms with Crippen LogP contribution in [0.15, 0.2) is 0 Å². The Morgan fingerprint density at radius 3 is 2.77 bits per heavy atom. The molecule has 0 aromatic carbocycles. The Labute approximate surface area is 76.3 Å². The lowest BCUT2D eigenvalue weighted by atomic mass is 9.93. The Kier molecular flexibility index (Phi) is 1.31. The standard InChI is InChI=1S/C7H11NO4S/c1-8-5-6(9)3-2-4(7(5)12-3)13(8,10)11/h3-7,9H,2H2,1H3. The zero-order chi connectivity index (χ0) is 9.38. The Bertz CT molecular complexity index is 354. The summed E-state index contributed by atoms with van der Waals surface area (Å²) < 4.78 is 30.1. The molecule has 3 rings (SSSR count). The van der Waals surface area contributed by atoms with E-state index < -0.39 is 21.4 Å². The minimum absolute atomic E-state index is 0.264. The molecule has 2 bridgehead atoms. The average molecular weight is 205 g/mol. The molecule has 5 unspecified atom stereocenters. The molecule has 0 aliphatic carbocycles. The van der Waals surface area contributed by atoms with Crippen molar-refractivity contribution in [2.75, 3.05) is 7.05 Å². The van der Waals surface area contributed by atoms with E-state index in [-0.39, 0.29) is 18.2 Å². The molecular weight excluding hydrogens is 194 g/mol. The first kappa shape index (κ1) is 8.16. The molecule has 6 heteroatoms. The van der Waals surface area contributed by atoms with E-state index in [0.717, 1.165) is 0 Å². The van der Waals surface area contributed by atoms with Crippen molar-refractivity contribution in [2.24, 2.45) is 0 Å². The van der Waals surface area contributed by atoms with Gasteiger partial charge in [0.15, 0.2) is 0 Å². The van der Waals surface area contributed by atoms with E-state index in [9.17, 15) is 13.5 Å². The van der Waals surface area contributed by atoms with Crippen molar-refractivity contribution in [3.8, 4) is 0 Å². The van der Waals surface area contributed by atoms with Crippen molar-refractivity contribution in [2.45, 2.75) is 36.0 Å². The molecule has 13 heavy (non-hydrogen) atoms. The average Bonchev–Trinajstić information content (AvgIpc) is 2.62. The van der Waals surface area contributed by atoms with Gasteiger partial charge < -0.3 is 9.84 Å². The van der Waals surface area contributed by atoms with Crippen LogP contribution in [0.4, 0.5) is 0 Å². The van der Waals surface area contributed by atoms with Crippen LogP contribution in [0.25, 0.3) is 0 Å². The second kappa shape index (κ2) is 2.08. The highest BCUT2D eigenvalue weighted by Gasteiger charge is 2.66. The summed E-state index contributed by atoms with van der Waals surface area (Å²) >= 11 is 0. The third-order valence-corrected chi connectivity index (χ3v) is 5.71. The topological polar surface area (TPSA) is 66.8 Å². The van der Waals surface area contributed by atoms with E-state index in [1.165, 1.54) is 11.4 Å². The number of sulfonamides is 1. The summed E-state index contributed by atoms with van der Waals surface area (Å²) in [6.07, 6.45) is -0.743. The zero-order valence-corrected chi connectivity index (χ0v) is 7.94. The molecule has 1 N–H and O–H groups in total. The maximum Gasteiger partial charge on any atom is 0.219 e. The minimum Gasteiger partial charge on any atom is -0.389 e. The maximum absolute atomic E-state index is 11.7. The largest absolute Gasteiger partial charge is 0.389 e. The lowest BCUT2D eigenvalue weighted by Gasteiger charge is -2.20. The van der Waals surface area contributed by atoms with Gasteiger partial charge in [-0.3, -0.25) is 0 Å². The summed E-state index contributed by atoms with van der Waals surface area (Å²) in [6.45, 7) is 0. The number of likely N-dealkylation sites (N-methyl/N-ethyl adjacent to an activating group) is 1. The van der Waals surface area contributed by atoms with Gasteiger partial charge >= 0.3 is 0 Å². The number of fused-ring (bicyclic) bond motifs is 1. The normalized spacial score (nSPS) is 57.5. The first-order valence-corrected chi connectivity index (χ1v) is 5.84. The highest BCUT2D eigenvalue weighted by Crippen LogP contribution is 2.47. The van der Waals surface area contributed by atoms with Gasteiger partial charge in [-0.2, -0.15) is 4.31 Å². The Morgan fingerprint density at radius 2 is 2.23 bits per heavy atom. The number of ether oxygens (including phenoxy) is 1. The molecule has 3 saturated heterocycles. The van der Waals surface area contributed by atoms with Crippen molar-refractivity contribution in [1.29, 1.82) is 0 Å². The number of hydrogen-bond donors (Lipinski definition) is 1. The molecule has 0 radical (unpaired) electrons. The molecular formula is C7H11NO4S. The quantitative estimate of drug-likeness (QED) is 0.524. The Morgan fingerprint density at radius 1 is 1.54 bits per heavy atom. The molecule has 5 nitrogen and oxygen atoms in total. The summed E-state index contributed by atoms with van der Waals surface area (Å²) in [5.74, 6) is 0. The number of nitrogens with zero attached hydrogens (tertiary/aromatic N) is 1. The maximum atomic E-state index is 11.7. The summed E-state index contributed by atoms with van der Waals surface area (Å²) in [6, 6.07) is -0.339. The van der Waals surface area contributed by atoms with Gasteiger partial charge in [0.2, 0.25) is 10.0 Å². The van der Waals surface area contributed by atoms with Gasteiger partial charge in [0.25, 0.3) is 0 Å². The van der Waals surface area contributed by atoms with Gasteiger partial charge in [0.05, 0.1) is 24.4 Å². The lowest BCUT2D eigenvalue weighted by Crippen LogP contribution is -2.42. The second-order valence-electron chi connectivity index (χ2n) is 3.96. The molecule has 3 fully saturated rings. The van der Waals surface area contributed by atoms with Gasteiger partial charge in [-0.25, -0.2) is 8.42 Å². The molecule has 74 valence electrons. The van der Waals surface area contributed by atoms with Crippen LogP contribution >= 0.6 is 0 Å². The van der Waals surface area contributed by atoms with Crippen LogP contribution in [-0.4, -0.2) is 54.5 Å². The smallest absolute Gasteiger partial charge is 0.219 e. The highest BCUT2D eigenvalue weighted by molar-refractivity contribution is 7.90. The fourth-order valence-corrected chi connectivity index (χ4v) is 4.75. The third-order valence-electron chi connectivity index (χ3n) is 3.43. The van der Waals surface area contributed by atoms with E-state index in [1.807, 2.05) is 0 Å². The fourth-order valence-electron chi connectivity index (χ4n) is 2.74. The van der Waals surface area contributed by atoms with Crippen molar-refractivity contribution >= 4 is 10.0 Å². The highest BCUT2D eigenvalue weighted by atomic mass is 32.2. The van der Waals surface area contributed by atoms with E-state index in [4.69, 9.17) is 4.74 Å². The summed E-state index contributed by atoms with van der Waals surface area (Å²) in [7, 11) is -1.67. The van der Waals surface area contributed by atoms with Crippen LogP contribution in [0.2, 0.25) is 0 Å². The van der Waals surface area contributed by atoms with Crippen molar-refractivity contribution in [3.63, 3.8) is 0 Å².